The number of rotatable bonds is 4. The molecule has 19 heavy (non-hydrogen) atoms. The van der Waals surface area contributed by atoms with Crippen molar-refractivity contribution >= 4 is 27.7 Å². The summed E-state index contributed by atoms with van der Waals surface area (Å²) in [6, 6.07) is 6.63. The molecule has 1 aromatic carbocycles. The summed E-state index contributed by atoms with van der Waals surface area (Å²) < 4.78 is 25.6. The summed E-state index contributed by atoms with van der Waals surface area (Å²) in [4.78, 5) is 0. The SMILES string of the molecule is O=S(=O)(C=Cc1ccc(Cl)cc1)N1CCC[C@@H]1CO. The topological polar surface area (TPSA) is 57.6 Å². The van der Waals surface area contributed by atoms with Crippen molar-refractivity contribution in [2.24, 2.45) is 0 Å². The predicted molar refractivity (Wildman–Crippen MR) is 76.2 cm³/mol. The van der Waals surface area contributed by atoms with Crippen LogP contribution in [-0.4, -0.2) is 37.0 Å². The Labute approximate surface area is 118 Å². The van der Waals surface area contributed by atoms with Crippen LogP contribution >= 0.6 is 11.6 Å². The predicted octanol–water partition coefficient (Wildman–Crippen LogP) is 2.10. The number of aliphatic hydroxyl groups is 1. The van der Waals surface area contributed by atoms with Crippen LogP contribution in [0.25, 0.3) is 6.08 Å². The van der Waals surface area contributed by atoms with E-state index in [1.165, 1.54) is 9.71 Å². The molecule has 6 heteroatoms. The van der Waals surface area contributed by atoms with Crippen molar-refractivity contribution in [3.8, 4) is 0 Å². The third kappa shape index (κ3) is 3.57. The first-order valence-electron chi connectivity index (χ1n) is 6.09. The third-order valence-electron chi connectivity index (χ3n) is 3.16. The normalized spacial score (nSPS) is 21.3. The van der Waals surface area contributed by atoms with E-state index in [0.29, 0.717) is 18.0 Å². The molecule has 1 N–H and O–H groups in total. The van der Waals surface area contributed by atoms with Crippen LogP contribution in [0.3, 0.4) is 0 Å². The van der Waals surface area contributed by atoms with Crippen LogP contribution in [0.2, 0.25) is 5.02 Å². The zero-order valence-corrected chi connectivity index (χ0v) is 11.9. The van der Waals surface area contributed by atoms with E-state index in [1.54, 1.807) is 30.3 Å². The van der Waals surface area contributed by atoms with Crippen molar-refractivity contribution in [1.29, 1.82) is 0 Å². The molecule has 1 aliphatic heterocycles. The van der Waals surface area contributed by atoms with Crippen molar-refractivity contribution in [3.05, 3.63) is 40.3 Å². The van der Waals surface area contributed by atoms with Gasteiger partial charge in [-0.2, -0.15) is 4.31 Å². The van der Waals surface area contributed by atoms with Gasteiger partial charge in [0.15, 0.2) is 0 Å². The molecule has 1 atom stereocenters. The number of benzene rings is 1. The number of nitrogens with zero attached hydrogens (tertiary/aromatic N) is 1. The highest BCUT2D eigenvalue weighted by Crippen LogP contribution is 2.22. The van der Waals surface area contributed by atoms with Gasteiger partial charge in [-0.15, -0.1) is 0 Å². The first kappa shape index (κ1) is 14.5. The van der Waals surface area contributed by atoms with Gasteiger partial charge >= 0.3 is 0 Å². The molecule has 0 unspecified atom stereocenters. The molecule has 0 spiro atoms. The summed E-state index contributed by atoms with van der Waals surface area (Å²) in [5.74, 6) is 0. The molecular formula is C13H16ClNO3S. The molecule has 1 saturated heterocycles. The fourth-order valence-electron chi connectivity index (χ4n) is 2.14. The maximum Gasteiger partial charge on any atom is 0.236 e. The maximum atomic E-state index is 12.1. The molecule has 1 heterocycles. The second-order valence-electron chi connectivity index (χ2n) is 4.49. The Morgan fingerprint density at radius 3 is 2.68 bits per heavy atom. The van der Waals surface area contributed by atoms with Gasteiger partial charge in [0.25, 0.3) is 0 Å². The van der Waals surface area contributed by atoms with Crippen LogP contribution in [0.15, 0.2) is 29.7 Å². The average Bonchev–Trinajstić information content (AvgIpc) is 2.87. The highest BCUT2D eigenvalue weighted by Gasteiger charge is 2.31. The van der Waals surface area contributed by atoms with Crippen LogP contribution in [0.1, 0.15) is 18.4 Å². The molecule has 1 aromatic rings. The summed E-state index contributed by atoms with van der Waals surface area (Å²) in [6.07, 6.45) is 3.04. The van der Waals surface area contributed by atoms with E-state index >= 15 is 0 Å². The molecule has 2 rings (SSSR count). The number of sulfonamides is 1. The molecule has 0 aromatic heterocycles. The van der Waals surface area contributed by atoms with Gasteiger partial charge in [-0.3, -0.25) is 0 Å². The number of hydrogen-bond acceptors (Lipinski definition) is 3. The van der Waals surface area contributed by atoms with Gasteiger partial charge in [0, 0.05) is 23.0 Å². The molecule has 4 nitrogen and oxygen atoms in total. The number of halogens is 1. The Balaban J connectivity index is 2.14. The Kier molecular flexibility index (Phi) is 4.62. The average molecular weight is 302 g/mol. The highest BCUT2D eigenvalue weighted by molar-refractivity contribution is 7.92. The van der Waals surface area contributed by atoms with Crippen molar-refractivity contribution in [3.63, 3.8) is 0 Å². The maximum absolute atomic E-state index is 12.1. The van der Waals surface area contributed by atoms with Gasteiger partial charge in [-0.1, -0.05) is 23.7 Å². The zero-order chi connectivity index (χ0) is 13.9. The first-order valence-corrected chi connectivity index (χ1v) is 7.97. The van der Waals surface area contributed by atoms with Gasteiger partial charge in [0.2, 0.25) is 10.0 Å². The molecule has 0 radical (unpaired) electrons. The fraction of sp³-hybridized carbons (Fsp3) is 0.385. The lowest BCUT2D eigenvalue weighted by Crippen LogP contribution is -2.36. The molecule has 1 fully saturated rings. The van der Waals surface area contributed by atoms with Crippen molar-refractivity contribution in [2.45, 2.75) is 18.9 Å². The van der Waals surface area contributed by atoms with Crippen molar-refractivity contribution in [2.75, 3.05) is 13.2 Å². The standard InChI is InChI=1S/C13H16ClNO3S/c14-12-5-3-11(4-6-12)7-9-19(17,18)15-8-1-2-13(15)10-16/h3-7,9,13,16H,1-2,8,10H2/t13-/m1/s1. The number of hydrogen-bond donors (Lipinski definition) is 1. The minimum absolute atomic E-state index is 0.131. The minimum atomic E-state index is -3.47. The van der Waals surface area contributed by atoms with E-state index in [1.807, 2.05) is 0 Å². The summed E-state index contributed by atoms with van der Waals surface area (Å²) in [5.41, 5.74) is 0.771. The monoisotopic (exact) mass is 301 g/mol. The van der Waals surface area contributed by atoms with Crippen LogP contribution in [0.4, 0.5) is 0 Å². The lowest BCUT2D eigenvalue weighted by Gasteiger charge is -2.20. The molecule has 0 aliphatic carbocycles. The third-order valence-corrected chi connectivity index (χ3v) is 5.03. The van der Waals surface area contributed by atoms with Crippen molar-refractivity contribution in [1.82, 2.24) is 4.31 Å². The smallest absolute Gasteiger partial charge is 0.236 e. The van der Waals surface area contributed by atoms with Gasteiger partial charge in [-0.25, -0.2) is 8.42 Å². The van der Waals surface area contributed by atoms with Crippen LogP contribution in [0, 0.1) is 0 Å². The lowest BCUT2D eigenvalue weighted by atomic mass is 10.2. The first-order chi connectivity index (χ1) is 9.03. The summed E-state index contributed by atoms with van der Waals surface area (Å²) in [5, 5.41) is 11.0. The van der Waals surface area contributed by atoms with Gasteiger partial charge < -0.3 is 5.11 Å². The van der Waals surface area contributed by atoms with Crippen LogP contribution in [-0.2, 0) is 10.0 Å². The fourth-order valence-corrected chi connectivity index (χ4v) is 3.73. The second-order valence-corrected chi connectivity index (χ2v) is 6.70. The van der Waals surface area contributed by atoms with E-state index in [2.05, 4.69) is 0 Å². The molecule has 0 saturated carbocycles. The Bertz CT molecular complexity index is 554. The quantitative estimate of drug-likeness (QED) is 0.926. The van der Waals surface area contributed by atoms with E-state index in [4.69, 9.17) is 11.6 Å². The van der Waals surface area contributed by atoms with E-state index in [0.717, 1.165) is 12.0 Å². The summed E-state index contributed by atoms with van der Waals surface area (Å²) >= 11 is 5.76. The minimum Gasteiger partial charge on any atom is -0.395 e. The Morgan fingerprint density at radius 2 is 2.05 bits per heavy atom. The molecule has 104 valence electrons. The molecular weight excluding hydrogens is 286 g/mol. The van der Waals surface area contributed by atoms with Gasteiger partial charge in [-0.05, 0) is 36.6 Å². The molecule has 0 amide bonds. The van der Waals surface area contributed by atoms with E-state index < -0.39 is 10.0 Å². The molecule has 0 bridgehead atoms. The largest absolute Gasteiger partial charge is 0.395 e. The Morgan fingerprint density at radius 1 is 1.37 bits per heavy atom. The van der Waals surface area contributed by atoms with Crippen LogP contribution in [0.5, 0.6) is 0 Å². The summed E-state index contributed by atoms with van der Waals surface area (Å²) in [6.45, 7) is 0.340. The zero-order valence-electron chi connectivity index (χ0n) is 10.4. The second kappa shape index (κ2) is 6.05. The van der Waals surface area contributed by atoms with E-state index in [-0.39, 0.29) is 12.6 Å². The number of aliphatic hydroxyl groups excluding tert-OH is 1. The highest BCUT2D eigenvalue weighted by atomic mass is 35.5. The van der Waals surface area contributed by atoms with E-state index in [9.17, 15) is 13.5 Å². The van der Waals surface area contributed by atoms with Gasteiger partial charge in [0.1, 0.15) is 0 Å². The lowest BCUT2D eigenvalue weighted by molar-refractivity contribution is 0.214. The van der Waals surface area contributed by atoms with Gasteiger partial charge in [0.05, 0.1) is 6.61 Å². The van der Waals surface area contributed by atoms with Crippen LogP contribution < -0.4 is 0 Å². The Hall–Kier alpha value is -0.880. The van der Waals surface area contributed by atoms with Crippen molar-refractivity contribution < 1.29 is 13.5 Å². The molecule has 1 aliphatic rings. The summed E-state index contributed by atoms with van der Waals surface area (Å²) in [7, 11) is -3.47.